The van der Waals surface area contributed by atoms with Crippen molar-refractivity contribution in [1.29, 1.82) is 0 Å². The predicted octanol–water partition coefficient (Wildman–Crippen LogP) is 2.62. The molecule has 28 heavy (non-hydrogen) atoms. The Morgan fingerprint density at radius 3 is 2.18 bits per heavy atom. The number of sulfonamides is 1. The van der Waals surface area contributed by atoms with Crippen LogP contribution < -0.4 is 15.4 Å². The standard InChI is InChI=1S/C19H23N3O4S.ClH/c1-26-19(11-13-20-14-12-19)18(23)21-15-7-9-17(10-8-15)27(24,25)22-16-5-3-2-4-6-16;/h2-10,20,22H,11-14H2,1H3,(H,21,23);1H. The van der Waals surface area contributed by atoms with Crippen molar-refractivity contribution in [2.45, 2.75) is 23.3 Å². The van der Waals surface area contributed by atoms with Gasteiger partial charge in [0.2, 0.25) is 0 Å². The van der Waals surface area contributed by atoms with Crippen molar-refractivity contribution in [3.63, 3.8) is 0 Å². The van der Waals surface area contributed by atoms with Gasteiger partial charge in [-0.15, -0.1) is 12.4 Å². The Morgan fingerprint density at radius 1 is 1.00 bits per heavy atom. The first kappa shape index (κ1) is 22.2. The van der Waals surface area contributed by atoms with E-state index in [2.05, 4.69) is 15.4 Å². The zero-order chi connectivity index (χ0) is 19.3. The number of carbonyl (C=O) groups excluding carboxylic acids is 1. The van der Waals surface area contributed by atoms with E-state index in [9.17, 15) is 13.2 Å². The van der Waals surface area contributed by atoms with Gasteiger partial charge in [0.15, 0.2) is 0 Å². The quantitative estimate of drug-likeness (QED) is 0.661. The van der Waals surface area contributed by atoms with Crippen LogP contribution >= 0.6 is 12.4 Å². The summed E-state index contributed by atoms with van der Waals surface area (Å²) in [5.41, 5.74) is 0.154. The van der Waals surface area contributed by atoms with E-state index in [1.165, 1.54) is 19.2 Å². The van der Waals surface area contributed by atoms with Gasteiger partial charge < -0.3 is 15.4 Å². The van der Waals surface area contributed by atoms with Gasteiger partial charge in [0.05, 0.1) is 4.90 Å². The van der Waals surface area contributed by atoms with Gasteiger partial charge in [0.25, 0.3) is 15.9 Å². The molecule has 1 heterocycles. The van der Waals surface area contributed by atoms with Gasteiger partial charge in [0, 0.05) is 18.5 Å². The van der Waals surface area contributed by atoms with Crippen LogP contribution in [0.2, 0.25) is 0 Å². The second kappa shape index (κ2) is 9.38. The number of amides is 1. The Bertz CT molecular complexity index is 883. The highest BCUT2D eigenvalue weighted by Gasteiger charge is 2.39. The summed E-state index contributed by atoms with van der Waals surface area (Å²) < 4.78 is 32.9. The van der Waals surface area contributed by atoms with Crippen molar-refractivity contribution in [3.8, 4) is 0 Å². The minimum Gasteiger partial charge on any atom is -0.368 e. The average molecular weight is 426 g/mol. The minimum atomic E-state index is -3.69. The lowest BCUT2D eigenvalue weighted by Crippen LogP contribution is -2.51. The lowest BCUT2D eigenvalue weighted by atomic mass is 9.91. The van der Waals surface area contributed by atoms with Crippen LogP contribution in [0.4, 0.5) is 11.4 Å². The monoisotopic (exact) mass is 425 g/mol. The summed E-state index contributed by atoms with van der Waals surface area (Å²) in [5, 5.41) is 6.03. The van der Waals surface area contributed by atoms with Crippen molar-refractivity contribution in [3.05, 3.63) is 54.6 Å². The molecule has 1 aliphatic heterocycles. The molecule has 3 rings (SSSR count). The third-order valence-corrected chi connectivity index (χ3v) is 6.06. The molecule has 1 amide bonds. The molecule has 1 aliphatic rings. The van der Waals surface area contributed by atoms with Gasteiger partial charge in [-0.05, 0) is 62.3 Å². The first-order chi connectivity index (χ1) is 13.0. The summed E-state index contributed by atoms with van der Waals surface area (Å²) in [6, 6.07) is 14.7. The lowest BCUT2D eigenvalue weighted by molar-refractivity contribution is -0.140. The molecular formula is C19H24ClN3O4S. The molecule has 3 N–H and O–H groups in total. The highest BCUT2D eigenvalue weighted by atomic mass is 35.5. The van der Waals surface area contributed by atoms with Gasteiger partial charge in [-0.1, -0.05) is 18.2 Å². The number of rotatable bonds is 6. The number of benzene rings is 2. The number of nitrogens with one attached hydrogen (secondary N) is 3. The summed E-state index contributed by atoms with van der Waals surface area (Å²) in [6.45, 7) is 1.42. The van der Waals surface area contributed by atoms with Crippen LogP contribution in [0.3, 0.4) is 0 Å². The molecule has 2 aromatic carbocycles. The molecule has 0 radical (unpaired) electrons. The third kappa shape index (κ3) is 5.02. The first-order valence-corrected chi connectivity index (χ1v) is 10.2. The van der Waals surface area contributed by atoms with Crippen molar-refractivity contribution in [1.82, 2.24) is 5.32 Å². The Hall–Kier alpha value is -2.13. The Morgan fingerprint density at radius 2 is 1.61 bits per heavy atom. The highest BCUT2D eigenvalue weighted by molar-refractivity contribution is 7.92. The maximum atomic E-state index is 12.6. The summed E-state index contributed by atoms with van der Waals surface area (Å²) in [5.74, 6) is -0.218. The number of para-hydroxylation sites is 1. The molecule has 0 spiro atoms. The smallest absolute Gasteiger partial charge is 0.261 e. The molecule has 152 valence electrons. The second-order valence-electron chi connectivity index (χ2n) is 6.40. The van der Waals surface area contributed by atoms with Gasteiger partial charge in [0.1, 0.15) is 5.60 Å². The third-order valence-electron chi connectivity index (χ3n) is 4.66. The molecule has 0 atom stereocenters. The molecule has 7 nitrogen and oxygen atoms in total. The Kier molecular flexibility index (Phi) is 7.42. The van der Waals surface area contributed by atoms with Gasteiger partial charge in [-0.3, -0.25) is 9.52 Å². The van der Waals surface area contributed by atoms with E-state index in [4.69, 9.17) is 4.74 Å². The zero-order valence-corrected chi connectivity index (χ0v) is 17.1. The van der Waals surface area contributed by atoms with Crippen LogP contribution in [-0.4, -0.2) is 40.1 Å². The molecule has 0 bridgehead atoms. The number of carbonyl (C=O) groups is 1. The largest absolute Gasteiger partial charge is 0.368 e. The van der Waals surface area contributed by atoms with E-state index in [0.29, 0.717) is 37.3 Å². The second-order valence-corrected chi connectivity index (χ2v) is 8.08. The molecular weight excluding hydrogens is 402 g/mol. The van der Waals surface area contributed by atoms with Crippen molar-refractivity contribution < 1.29 is 17.9 Å². The van der Waals surface area contributed by atoms with Crippen molar-refractivity contribution in [2.75, 3.05) is 30.2 Å². The fraction of sp³-hybridized carbons (Fsp3) is 0.316. The molecule has 1 saturated heterocycles. The molecule has 0 unspecified atom stereocenters. The maximum absolute atomic E-state index is 12.6. The number of halogens is 1. The average Bonchev–Trinajstić information content (AvgIpc) is 2.69. The van der Waals surface area contributed by atoms with E-state index in [1.54, 1.807) is 36.4 Å². The Balaban J connectivity index is 0.00000280. The van der Waals surface area contributed by atoms with Gasteiger partial charge >= 0.3 is 0 Å². The van der Waals surface area contributed by atoms with Crippen LogP contribution in [0.25, 0.3) is 0 Å². The molecule has 1 fully saturated rings. The SMILES string of the molecule is COC1(C(=O)Nc2ccc(S(=O)(=O)Nc3ccccc3)cc2)CCNCC1.Cl. The number of ether oxygens (including phenoxy) is 1. The number of hydrogen-bond donors (Lipinski definition) is 3. The van der Waals surface area contributed by atoms with Gasteiger partial charge in [-0.2, -0.15) is 0 Å². The van der Waals surface area contributed by atoms with Crippen molar-refractivity contribution in [2.24, 2.45) is 0 Å². The van der Waals surface area contributed by atoms with Crippen LogP contribution in [0.5, 0.6) is 0 Å². The fourth-order valence-electron chi connectivity index (χ4n) is 3.04. The summed E-state index contributed by atoms with van der Waals surface area (Å²) >= 11 is 0. The normalized spacial score (nSPS) is 15.9. The minimum absolute atomic E-state index is 0. The van der Waals surface area contributed by atoms with E-state index in [0.717, 1.165) is 0 Å². The highest BCUT2D eigenvalue weighted by Crippen LogP contribution is 2.25. The topological polar surface area (TPSA) is 96.5 Å². The lowest BCUT2D eigenvalue weighted by Gasteiger charge is -2.34. The maximum Gasteiger partial charge on any atom is 0.261 e. The molecule has 9 heteroatoms. The van der Waals surface area contributed by atoms with E-state index >= 15 is 0 Å². The van der Waals surface area contributed by atoms with Crippen LogP contribution in [0.15, 0.2) is 59.5 Å². The zero-order valence-electron chi connectivity index (χ0n) is 15.5. The summed E-state index contributed by atoms with van der Waals surface area (Å²) in [7, 11) is -2.15. The molecule has 2 aromatic rings. The molecule has 0 aliphatic carbocycles. The predicted molar refractivity (Wildman–Crippen MR) is 111 cm³/mol. The van der Waals surface area contributed by atoms with Crippen LogP contribution in [0, 0.1) is 0 Å². The van der Waals surface area contributed by atoms with Crippen LogP contribution in [-0.2, 0) is 19.6 Å². The first-order valence-electron chi connectivity index (χ1n) is 8.70. The van der Waals surface area contributed by atoms with E-state index in [-0.39, 0.29) is 23.2 Å². The van der Waals surface area contributed by atoms with Crippen LogP contribution in [0.1, 0.15) is 12.8 Å². The van der Waals surface area contributed by atoms with E-state index in [1.807, 2.05) is 6.07 Å². The van der Waals surface area contributed by atoms with Crippen molar-refractivity contribution >= 4 is 39.7 Å². The number of anilines is 2. The summed E-state index contributed by atoms with van der Waals surface area (Å²) in [4.78, 5) is 12.8. The van der Waals surface area contributed by atoms with E-state index < -0.39 is 15.6 Å². The molecule has 0 aromatic heterocycles. The molecule has 0 saturated carbocycles. The fourth-order valence-corrected chi connectivity index (χ4v) is 4.10. The summed E-state index contributed by atoms with van der Waals surface area (Å²) in [6.07, 6.45) is 1.17. The number of piperidine rings is 1. The van der Waals surface area contributed by atoms with Gasteiger partial charge in [-0.25, -0.2) is 8.42 Å². The number of hydrogen-bond acceptors (Lipinski definition) is 5. The Labute approximate surface area is 171 Å². The number of methoxy groups -OCH3 is 1.